The number of benzene rings is 1. The summed E-state index contributed by atoms with van der Waals surface area (Å²) in [5.41, 5.74) is 0.0888. The summed E-state index contributed by atoms with van der Waals surface area (Å²) in [6.45, 7) is 5.26. The number of hydrogen-bond donors (Lipinski definition) is 0. The van der Waals surface area contributed by atoms with Gasteiger partial charge in [0.1, 0.15) is 0 Å². The minimum absolute atomic E-state index is 0.381. The van der Waals surface area contributed by atoms with Gasteiger partial charge in [-0.15, -0.1) is 0 Å². The molecule has 0 fully saturated rings. The predicted octanol–water partition coefficient (Wildman–Crippen LogP) is 2.52. The molecule has 0 bridgehead atoms. The lowest BCUT2D eigenvalue weighted by molar-refractivity contribution is -0.160. The molecule has 0 spiro atoms. The van der Waals surface area contributed by atoms with Crippen LogP contribution in [0.4, 0.5) is 0 Å². The van der Waals surface area contributed by atoms with Gasteiger partial charge in [-0.3, -0.25) is 9.59 Å². The average Bonchev–Trinajstić information content (AvgIpc) is 2.25. The number of ether oxygens (including phenoxy) is 1. The van der Waals surface area contributed by atoms with Gasteiger partial charge in [0.25, 0.3) is 0 Å². The standard InChI is InChI=1S/C13H16O3/c1-13(2,3)12(15)16-11(9-14)10-7-5-4-6-8-10/h4-9,11H,1-3H3. The number of carbonyl (C=O) groups excluding carboxylic acids is 2. The average molecular weight is 220 g/mol. The Morgan fingerprint density at radius 1 is 1.25 bits per heavy atom. The fourth-order valence-electron chi connectivity index (χ4n) is 1.11. The molecule has 0 amide bonds. The topological polar surface area (TPSA) is 43.4 Å². The zero-order chi connectivity index (χ0) is 12.2. The summed E-state index contributed by atoms with van der Waals surface area (Å²) in [5, 5.41) is 0. The summed E-state index contributed by atoms with van der Waals surface area (Å²) in [4.78, 5) is 22.5. The van der Waals surface area contributed by atoms with Crippen LogP contribution in [0, 0.1) is 5.41 Å². The van der Waals surface area contributed by atoms with Gasteiger partial charge in [0.05, 0.1) is 5.41 Å². The molecule has 1 unspecified atom stereocenters. The predicted molar refractivity (Wildman–Crippen MR) is 60.8 cm³/mol. The van der Waals surface area contributed by atoms with Crippen molar-refractivity contribution in [1.82, 2.24) is 0 Å². The molecular weight excluding hydrogens is 204 g/mol. The fourth-order valence-corrected chi connectivity index (χ4v) is 1.11. The van der Waals surface area contributed by atoms with Crippen LogP contribution >= 0.6 is 0 Å². The molecule has 1 atom stereocenters. The largest absolute Gasteiger partial charge is 0.449 e. The lowest BCUT2D eigenvalue weighted by atomic mass is 9.97. The van der Waals surface area contributed by atoms with E-state index in [1.54, 1.807) is 45.0 Å². The Bertz CT molecular complexity index is 363. The lowest BCUT2D eigenvalue weighted by Crippen LogP contribution is -2.25. The van der Waals surface area contributed by atoms with Crippen molar-refractivity contribution in [1.29, 1.82) is 0 Å². The van der Waals surface area contributed by atoms with Gasteiger partial charge < -0.3 is 4.74 Å². The highest BCUT2D eigenvalue weighted by atomic mass is 16.5. The van der Waals surface area contributed by atoms with Crippen LogP contribution in [0.3, 0.4) is 0 Å². The first kappa shape index (κ1) is 12.4. The molecule has 1 rings (SSSR count). The third-order valence-electron chi connectivity index (χ3n) is 2.10. The van der Waals surface area contributed by atoms with Crippen molar-refractivity contribution in [2.75, 3.05) is 0 Å². The van der Waals surface area contributed by atoms with Crippen LogP contribution in [0.1, 0.15) is 32.4 Å². The zero-order valence-electron chi connectivity index (χ0n) is 9.77. The van der Waals surface area contributed by atoms with E-state index in [-0.39, 0.29) is 5.97 Å². The zero-order valence-corrected chi connectivity index (χ0v) is 9.77. The molecule has 0 aliphatic rings. The summed E-state index contributed by atoms with van der Waals surface area (Å²) in [5.74, 6) is -0.381. The van der Waals surface area contributed by atoms with Crippen molar-refractivity contribution < 1.29 is 14.3 Å². The maximum absolute atomic E-state index is 11.6. The van der Waals surface area contributed by atoms with Gasteiger partial charge in [-0.05, 0) is 26.3 Å². The lowest BCUT2D eigenvalue weighted by Gasteiger charge is -2.20. The van der Waals surface area contributed by atoms with Crippen LogP contribution in [0.15, 0.2) is 30.3 Å². The van der Waals surface area contributed by atoms with Gasteiger partial charge in [-0.25, -0.2) is 0 Å². The molecule has 86 valence electrons. The van der Waals surface area contributed by atoms with Crippen molar-refractivity contribution in [3.05, 3.63) is 35.9 Å². The second-order valence-corrected chi connectivity index (χ2v) is 4.62. The monoisotopic (exact) mass is 220 g/mol. The minimum Gasteiger partial charge on any atom is -0.449 e. The van der Waals surface area contributed by atoms with Crippen LogP contribution in [-0.4, -0.2) is 12.3 Å². The Kier molecular flexibility index (Phi) is 3.82. The molecule has 1 aromatic rings. The second-order valence-electron chi connectivity index (χ2n) is 4.62. The molecule has 1 aromatic carbocycles. The molecule has 16 heavy (non-hydrogen) atoms. The Hall–Kier alpha value is -1.64. The van der Waals surface area contributed by atoms with Crippen molar-refractivity contribution in [2.45, 2.75) is 26.9 Å². The van der Waals surface area contributed by atoms with Crippen LogP contribution < -0.4 is 0 Å². The first-order valence-corrected chi connectivity index (χ1v) is 5.16. The molecule has 0 radical (unpaired) electrons. The number of aldehydes is 1. The molecule has 0 heterocycles. The Morgan fingerprint density at radius 2 is 1.81 bits per heavy atom. The van der Waals surface area contributed by atoms with Crippen molar-refractivity contribution in [2.24, 2.45) is 5.41 Å². The van der Waals surface area contributed by atoms with Gasteiger partial charge in [0.2, 0.25) is 0 Å². The first-order valence-electron chi connectivity index (χ1n) is 5.16. The SMILES string of the molecule is CC(C)(C)C(=O)OC(C=O)c1ccccc1. The number of esters is 1. The molecule has 3 heteroatoms. The molecular formula is C13H16O3. The summed E-state index contributed by atoms with van der Waals surface area (Å²) in [6, 6.07) is 8.97. The highest BCUT2D eigenvalue weighted by Gasteiger charge is 2.26. The summed E-state index contributed by atoms with van der Waals surface area (Å²) < 4.78 is 5.14. The molecule has 3 nitrogen and oxygen atoms in total. The Morgan fingerprint density at radius 3 is 2.25 bits per heavy atom. The summed E-state index contributed by atoms with van der Waals surface area (Å²) in [6.07, 6.45) is -0.174. The third kappa shape index (κ3) is 3.19. The summed E-state index contributed by atoms with van der Waals surface area (Å²) >= 11 is 0. The van der Waals surface area contributed by atoms with E-state index in [1.165, 1.54) is 0 Å². The molecule has 0 saturated carbocycles. The van der Waals surface area contributed by atoms with Crippen molar-refractivity contribution in [3.63, 3.8) is 0 Å². The highest BCUT2D eigenvalue weighted by Crippen LogP contribution is 2.21. The van der Waals surface area contributed by atoms with E-state index in [0.717, 1.165) is 0 Å². The van der Waals surface area contributed by atoms with Crippen molar-refractivity contribution in [3.8, 4) is 0 Å². The van der Waals surface area contributed by atoms with E-state index >= 15 is 0 Å². The van der Waals surface area contributed by atoms with E-state index in [9.17, 15) is 9.59 Å². The maximum Gasteiger partial charge on any atom is 0.312 e. The van der Waals surface area contributed by atoms with Gasteiger partial charge in [-0.1, -0.05) is 30.3 Å². The number of rotatable bonds is 3. The van der Waals surface area contributed by atoms with Crippen LogP contribution in [0.2, 0.25) is 0 Å². The summed E-state index contributed by atoms with van der Waals surface area (Å²) in [7, 11) is 0. The normalized spacial score (nSPS) is 12.9. The third-order valence-corrected chi connectivity index (χ3v) is 2.10. The highest BCUT2D eigenvalue weighted by molar-refractivity contribution is 5.78. The van der Waals surface area contributed by atoms with Gasteiger partial charge >= 0.3 is 5.97 Å². The molecule has 0 saturated heterocycles. The van der Waals surface area contributed by atoms with Gasteiger partial charge in [0, 0.05) is 0 Å². The van der Waals surface area contributed by atoms with Crippen molar-refractivity contribution >= 4 is 12.3 Å². The van der Waals surface area contributed by atoms with Crippen LogP contribution in [0.5, 0.6) is 0 Å². The molecule has 0 aliphatic carbocycles. The molecule has 0 aliphatic heterocycles. The van der Waals surface area contributed by atoms with E-state index in [1.807, 2.05) is 6.07 Å². The molecule has 0 aromatic heterocycles. The smallest absolute Gasteiger partial charge is 0.312 e. The van der Waals surface area contributed by atoms with Gasteiger partial charge in [-0.2, -0.15) is 0 Å². The Labute approximate surface area is 95.4 Å². The quantitative estimate of drug-likeness (QED) is 0.580. The van der Waals surface area contributed by atoms with Gasteiger partial charge in [0.15, 0.2) is 12.4 Å². The van der Waals surface area contributed by atoms with Crippen LogP contribution in [-0.2, 0) is 14.3 Å². The van der Waals surface area contributed by atoms with E-state index in [2.05, 4.69) is 0 Å². The van der Waals surface area contributed by atoms with E-state index < -0.39 is 11.5 Å². The maximum atomic E-state index is 11.6. The minimum atomic E-state index is -0.812. The Balaban J connectivity index is 2.79. The number of hydrogen-bond acceptors (Lipinski definition) is 3. The molecule has 0 N–H and O–H groups in total. The first-order chi connectivity index (χ1) is 7.45. The second kappa shape index (κ2) is 4.92. The fraction of sp³-hybridized carbons (Fsp3) is 0.385. The van der Waals surface area contributed by atoms with Crippen LogP contribution in [0.25, 0.3) is 0 Å². The number of carbonyl (C=O) groups is 2. The van der Waals surface area contributed by atoms with E-state index in [4.69, 9.17) is 4.74 Å². The van der Waals surface area contributed by atoms with E-state index in [0.29, 0.717) is 11.8 Å².